The topological polar surface area (TPSA) is 64.3 Å². The van der Waals surface area contributed by atoms with Gasteiger partial charge < -0.3 is 15.8 Å². The molecule has 0 heterocycles. The highest BCUT2D eigenvalue weighted by atomic mass is 32.1. The lowest BCUT2D eigenvalue weighted by atomic mass is 9.89. The lowest BCUT2D eigenvalue weighted by Gasteiger charge is -2.21. The van der Waals surface area contributed by atoms with Gasteiger partial charge in [0.1, 0.15) is 17.3 Å². The standard InChI is InChI=1S/C14H20N2O2S/c1-4-14(2,3)13(17)16-10-5-7-11(8-6-10)18-9-12(15)19/h5-8H,4,9H2,1-3H3,(H2,15,19)(H,16,17). The van der Waals surface area contributed by atoms with Gasteiger partial charge in [-0.25, -0.2) is 0 Å². The summed E-state index contributed by atoms with van der Waals surface area (Å²) in [4.78, 5) is 12.3. The minimum atomic E-state index is -0.374. The molecule has 0 aliphatic carbocycles. The Morgan fingerprint density at radius 2 is 1.95 bits per heavy atom. The maximum absolute atomic E-state index is 12.0. The summed E-state index contributed by atoms with van der Waals surface area (Å²) in [6, 6.07) is 7.12. The molecule has 4 nitrogen and oxygen atoms in total. The van der Waals surface area contributed by atoms with Crippen molar-refractivity contribution in [2.24, 2.45) is 11.1 Å². The summed E-state index contributed by atoms with van der Waals surface area (Å²) >= 11 is 4.73. The molecule has 0 spiro atoms. The maximum Gasteiger partial charge on any atom is 0.230 e. The highest BCUT2D eigenvalue weighted by Gasteiger charge is 2.25. The minimum absolute atomic E-state index is 0.00630. The van der Waals surface area contributed by atoms with Gasteiger partial charge in [0.25, 0.3) is 0 Å². The molecule has 0 aromatic heterocycles. The Labute approximate surface area is 119 Å². The van der Waals surface area contributed by atoms with Gasteiger partial charge in [-0.3, -0.25) is 4.79 Å². The summed E-state index contributed by atoms with van der Waals surface area (Å²) in [6.07, 6.45) is 0.786. The van der Waals surface area contributed by atoms with Gasteiger partial charge in [0, 0.05) is 11.1 Å². The first kappa shape index (κ1) is 15.4. The molecule has 19 heavy (non-hydrogen) atoms. The second kappa shape index (κ2) is 6.52. The molecule has 0 unspecified atom stereocenters. The zero-order chi connectivity index (χ0) is 14.5. The molecule has 0 aliphatic heterocycles. The van der Waals surface area contributed by atoms with E-state index < -0.39 is 0 Å². The van der Waals surface area contributed by atoms with E-state index in [-0.39, 0.29) is 17.9 Å². The lowest BCUT2D eigenvalue weighted by Crippen LogP contribution is -2.29. The number of carbonyl (C=O) groups excluding carboxylic acids is 1. The summed E-state index contributed by atoms with van der Waals surface area (Å²) < 4.78 is 5.34. The van der Waals surface area contributed by atoms with Crippen LogP contribution in [0.2, 0.25) is 0 Å². The number of hydrogen-bond donors (Lipinski definition) is 2. The molecule has 0 bridgehead atoms. The summed E-state index contributed by atoms with van der Waals surface area (Å²) in [5.74, 6) is 0.673. The highest BCUT2D eigenvalue weighted by Crippen LogP contribution is 2.23. The smallest absolute Gasteiger partial charge is 0.230 e. The van der Waals surface area contributed by atoms with E-state index in [1.165, 1.54) is 0 Å². The second-order valence-corrected chi connectivity index (χ2v) is 5.50. The van der Waals surface area contributed by atoms with Crippen molar-refractivity contribution in [3.05, 3.63) is 24.3 Å². The van der Waals surface area contributed by atoms with Gasteiger partial charge in [-0.05, 0) is 30.7 Å². The van der Waals surface area contributed by atoms with Crippen LogP contribution in [0.15, 0.2) is 24.3 Å². The van der Waals surface area contributed by atoms with E-state index >= 15 is 0 Å². The molecule has 3 N–H and O–H groups in total. The molecule has 1 aromatic carbocycles. The van der Waals surface area contributed by atoms with Crippen molar-refractivity contribution < 1.29 is 9.53 Å². The molecule has 0 saturated carbocycles. The highest BCUT2D eigenvalue weighted by molar-refractivity contribution is 7.80. The van der Waals surface area contributed by atoms with Crippen LogP contribution in [-0.2, 0) is 4.79 Å². The van der Waals surface area contributed by atoms with Crippen LogP contribution < -0.4 is 15.8 Å². The van der Waals surface area contributed by atoms with Gasteiger partial charge in [0.2, 0.25) is 5.91 Å². The van der Waals surface area contributed by atoms with Crippen molar-refractivity contribution >= 4 is 28.8 Å². The average molecular weight is 280 g/mol. The molecule has 0 fully saturated rings. The van der Waals surface area contributed by atoms with Crippen LogP contribution in [0.5, 0.6) is 5.75 Å². The fourth-order valence-electron chi connectivity index (χ4n) is 1.25. The van der Waals surface area contributed by atoms with E-state index in [0.29, 0.717) is 10.7 Å². The number of nitrogens with one attached hydrogen (secondary N) is 1. The molecule has 1 rings (SSSR count). The zero-order valence-corrected chi connectivity index (χ0v) is 12.3. The number of rotatable bonds is 6. The second-order valence-electron chi connectivity index (χ2n) is 4.97. The largest absolute Gasteiger partial charge is 0.487 e. The molecule has 5 heteroatoms. The van der Waals surface area contributed by atoms with Crippen molar-refractivity contribution in [3.8, 4) is 5.75 Å². The van der Waals surface area contributed by atoms with Crippen molar-refractivity contribution in [2.75, 3.05) is 11.9 Å². The zero-order valence-electron chi connectivity index (χ0n) is 11.5. The number of carbonyl (C=O) groups is 1. The quantitative estimate of drug-likeness (QED) is 0.786. The number of nitrogens with two attached hydrogens (primary N) is 1. The van der Waals surface area contributed by atoms with Crippen molar-refractivity contribution in [1.82, 2.24) is 0 Å². The van der Waals surface area contributed by atoms with Crippen LogP contribution in [-0.4, -0.2) is 17.5 Å². The summed E-state index contributed by atoms with van der Waals surface area (Å²) in [5, 5.41) is 2.88. The van der Waals surface area contributed by atoms with Crippen LogP contribution in [0, 0.1) is 5.41 Å². The molecule has 1 amide bonds. The molecule has 0 radical (unpaired) electrons. The van der Waals surface area contributed by atoms with Crippen molar-refractivity contribution in [1.29, 1.82) is 0 Å². The van der Waals surface area contributed by atoms with Crippen LogP contribution in [0.3, 0.4) is 0 Å². The number of hydrogen-bond acceptors (Lipinski definition) is 3. The normalized spacial score (nSPS) is 10.9. The predicted molar refractivity (Wildman–Crippen MR) is 81.4 cm³/mol. The van der Waals surface area contributed by atoms with Crippen LogP contribution in [0.25, 0.3) is 0 Å². The minimum Gasteiger partial charge on any atom is -0.487 e. The number of anilines is 1. The SMILES string of the molecule is CCC(C)(C)C(=O)Nc1ccc(OCC(N)=S)cc1. The van der Waals surface area contributed by atoms with Gasteiger partial charge in [-0.1, -0.05) is 33.0 Å². The molecular weight excluding hydrogens is 260 g/mol. The third-order valence-electron chi connectivity index (χ3n) is 2.99. The first-order valence-electron chi connectivity index (χ1n) is 6.18. The first-order chi connectivity index (χ1) is 8.85. The molecule has 0 saturated heterocycles. The maximum atomic E-state index is 12.0. The van der Waals surface area contributed by atoms with Gasteiger partial charge >= 0.3 is 0 Å². The summed E-state index contributed by atoms with van der Waals surface area (Å²) in [5.41, 5.74) is 5.72. The Bertz CT molecular complexity index is 455. The summed E-state index contributed by atoms with van der Waals surface area (Å²) in [7, 11) is 0. The van der Waals surface area contributed by atoms with Gasteiger partial charge in [0.15, 0.2) is 0 Å². The Kier molecular flexibility index (Phi) is 5.30. The van der Waals surface area contributed by atoms with Gasteiger partial charge in [-0.2, -0.15) is 0 Å². The van der Waals surface area contributed by atoms with Crippen LogP contribution in [0.4, 0.5) is 5.69 Å². The number of ether oxygens (including phenoxy) is 1. The van der Waals surface area contributed by atoms with Crippen molar-refractivity contribution in [3.63, 3.8) is 0 Å². The van der Waals surface area contributed by atoms with E-state index in [1.807, 2.05) is 20.8 Å². The molecule has 0 aliphatic rings. The lowest BCUT2D eigenvalue weighted by molar-refractivity contribution is -0.124. The van der Waals surface area contributed by atoms with E-state index in [0.717, 1.165) is 12.1 Å². The van der Waals surface area contributed by atoms with Gasteiger partial charge in [-0.15, -0.1) is 0 Å². The van der Waals surface area contributed by atoms with Crippen molar-refractivity contribution in [2.45, 2.75) is 27.2 Å². The molecule has 0 atom stereocenters. The number of amides is 1. The first-order valence-corrected chi connectivity index (χ1v) is 6.58. The Morgan fingerprint density at radius 1 is 1.37 bits per heavy atom. The van der Waals surface area contributed by atoms with Crippen LogP contribution >= 0.6 is 12.2 Å². The Hall–Kier alpha value is -1.62. The average Bonchev–Trinajstić information content (AvgIpc) is 2.37. The van der Waals surface area contributed by atoms with Crippen LogP contribution in [0.1, 0.15) is 27.2 Å². The third-order valence-corrected chi connectivity index (χ3v) is 3.11. The summed E-state index contributed by atoms with van der Waals surface area (Å²) in [6.45, 7) is 6.04. The number of benzene rings is 1. The Balaban J connectivity index is 2.62. The Morgan fingerprint density at radius 3 is 2.42 bits per heavy atom. The molecule has 104 valence electrons. The number of thiocarbonyl (C=S) groups is 1. The monoisotopic (exact) mass is 280 g/mol. The molecular formula is C14H20N2O2S. The van der Waals surface area contributed by atoms with E-state index in [2.05, 4.69) is 5.32 Å². The predicted octanol–water partition coefficient (Wildman–Crippen LogP) is 2.73. The fourth-order valence-corrected chi connectivity index (χ4v) is 1.31. The fraction of sp³-hybridized carbons (Fsp3) is 0.429. The third kappa shape index (κ3) is 4.87. The van der Waals surface area contributed by atoms with Gasteiger partial charge in [0.05, 0.1) is 0 Å². The van der Waals surface area contributed by atoms with E-state index in [1.54, 1.807) is 24.3 Å². The molecule has 1 aromatic rings. The van der Waals surface area contributed by atoms with E-state index in [4.69, 9.17) is 22.7 Å². The van der Waals surface area contributed by atoms with E-state index in [9.17, 15) is 4.79 Å².